The van der Waals surface area contributed by atoms with Crippen LogP contribution in [0.1, 0.15) is 5.56 Å². The Bertz CT molecular complexity index is 800. The van der Waals surface area contributed by atoms with Crippen LogP contribution in [0.15, 0.2) is 71.9 Å². The second-order valence-electron chi connectivity index (χ2n) is 5.37. The van der Waals surface area contributed by atoms with Crippen molar-refractivity contribution in [2.75, 3.05) is 0 Å². The number of fused-ring (bicyclic) bond motifs is 2. The first-order valence-corrected chi connectivity index (χ1v) is 6.63. The van der Waals surface area contributed by atoms with Gasteiger partial charge in [0, 0.05) is 5.56 Å². The van der Waals surface area contributed by atoms with Gasteiger partial charge in [-0.2, -0.15) is 5.10 Å². The zero-order valence-corrected chi connectivity index (χ0v) is 10.3. The molecule has 0 bridgehead atoms. The molecule has 1 fully saturated rings. The van der Waals surface area contributed by atoms with Crippen molar-refractivity contribution in [2.24, 2.45) is 5.10 Å². The molecule has 0 saturated carbocycles. The minimum absolute atomic E-state index is 0.0806. The Balaban J connectivity index is 1.64. The number of allylic oxidation sites excluding steroid dienone is 2. The van der Waals surface area contributed by atoms with Crippen molar-refractivity contribution in [3.05, 3.63) is 72.3 Å². The number of hydrogen-bond acceptors (Lipinski definition) is 2. The first-order chi connectivity index (χ1) is 9.39. The SMILES string of the molecule is C1=CC2N3N=C(c4ccc5ccccc5c4)C23C=C1. The van der Waals surface area contributed by atoms with Crippen LogP contribution in [0.4, 0.5) is 0 Å². The van der Waals surface area contributed by atoms with Crippen molar-refractivity contribution < 1.29 is 0 Å². The summed E-state index contributed by atoms with van der Waals surface area (Å²) >= 11 is 0. The van der Waals surface area contributed by atoms with E-state index in [1.807, 2.05) is 0 Å². The highest BCUT2D eigenvalue weighted by Crippen LogP contribution is 2.54. The maximum absolute atomic E-state index is 4.66. The van der Waals surface area contributed by atoms with E-state index in [0.29, 0.717) is 6.04 Å². The van der Waals surface area contributed by atoms with E-state index in [0.717, 1.165) is 0 Å². The summed E-state index contributed by atoms with van der Waals surface area (Å²) < 4.78 is 0. The van der Waals surface area contributed by atoms with E-state index in [-0.39, 0.29) is 5.54 Å². The molecule has 3 aliphatic rings. The third kappa shape index (κ3) is 1.01. The molecule has 0 aromatic heterocycles. The van der Waals surface area contributed by atoms with Crippen molar-refractivity contribution in [1.82, 2.24) is 5.01 Å². The Kier molecular flexibility index (Phi) is 1.49. The zero-order valence-electron chi connectivity index (χ0n) is 10.3. The van der Waals surface area contributed by atoms with Crippen molar-refractivity contribution in [3.8, 4) is 0 Å². The fourth-order valence-corrected chi connectivity index (χ4v) is 3.33. The van der Waals surface area contributed by atoms with Gasteiger partial charge in [-0.05, 0) is 22.9 Å². The van der Waals surface area contributed by atoms with Crippen LogP contribution in [0.2, 0.25) is 0 Å². The topological polar surface area (TPSA) is 15.4 Å². The summed E-state index contributed by atoms with van der Waals surface area (Å²) in [5.74, 6) is 0. The van der Waals surface area contributed by atoms with Gasteiger partial charge in [-0.1, -0.05) is 54.6 Å². The Morgan fingerprint density at radius 2 is 1.89 bits per heavy atom. The lowest BCUT2D eigenvalue weighted by molar-refractivity contribution is 0.480. The molecule has 19 heavy (non-hydrogen) atoms. The van der Waals surface area contributed by atoms with Gasteiger partial charge in [-0.25, -0.2) is 0 Å². The highest BCUT2D eigenvalue weighted by atomic mass is 15.7. The van der Waals surface area contributed by atoms with Crippen LogP contribution in [0.3, 0.4) is 0 Å². The number of nitrogens with zero attached hydrogens (tertiary/aromatic N) is 2. The summed E-state index contributed by atoms with van der Waals surface area (Å²) in [5, 5.41) is 9.40. The first-order valence-electron chi connectivity index (χ1n) is 6.63. The molecule has 2 aromatic rings. The summed E-state index contributed by atoms with van der Waals surface area (Å²) in [5.41, 5.74) is 2.54. The van der Waals surface area contributed by atoms with Gasteiger partial charge in [0.05, 0.1) is 0 Å². The highest BCUT2D eigenvalue weighted by molar-refractivity contribution is 6.17. The van der Waals surface area contributed by atoms with Crippen LogP contribution in [-0.2, 0) is 0 Å². The molecule has 2 atom stereocenters. The van der Waals surface area contributed by atoms with Crippen LogP contribution in [-0.4, -0.2) is 22.3 Å². The van der Waals surface area contributed by atoms with Gasteiger partial charge >= 0.3 is 0 Å². The second kappa shape index (κ2) is 2.97. The van der Waals surface area contributed by atoms with Crippen LogP contribution < -0.4 is 0 Å². The van der Waals surface area contributed by atoms with E-state index in [2.05, 4.69) is 76.9 Å². The maximum Gasteiger partial charge on any atom is 0.147 e. The van der Waals surface area contributed by atoms with Gasteiger partial charge in [-0.3, -0.25) is 5.01 Å². The normalized spacial score (nSPS) is 29.6. The molecule has 1 aliphatic carbocycles. The van der Waals surface area contributed by atoms with Gasteiger partial charge in [0.2, 0.25) is 0 Å². The third-order valence-electron chi connectivity index (χ3n) is 4.39. The summed E-state index contributed by atoms with van der Waals surface area (Å²) in [6.07, 6.45) is 8.75. The fourth-order valence-electron chi connectivity index (χ4n) is 3.33. The molecular formula is C17H12N2. The molecule has 2 aliphatic heterocycles. The van der Waals surface area contributed by atoms with Crippen molar-refractivity contribution in [2.45, 2.75) is 11.6 Å². The van der Waals surface area contributed by atoms with E-state index < -0.39 is 0 Å². The summed E-state index contributed by atoms with van der Waals surface area (Å²) in [6.45, 7) is 0. The summed E-state index contributed by atoms with van der Waals surface area (Å²) in [7, 11) is 0. The molecule has 1 spiro atoms. The van der Waals surface area contributed by atoms with Crippen molar-refractivity contribution in [3.63, 3.8) is 0 Å². The Labute approximate surface area is 111 Å². The number of benzene rings is 2. The minimum atomic E-state index is 0.0806. The van der Waals surface area contributed by atoms with E-state index in [1.165, 1.54) is 22.0 Å². The van der Waals surface area contributed by atoms with E-state index in [1.54, 1.807) is 0 Å². The molecule has 0 amide bonds. The Morgan fingerprint density at radius 1 is 1.00 bits per heavy atom. The third-order valence-corrected chi connectivity index (χ3v) is 4.39. The van der Waals surface area contributed by atoms with Gasteiger partial charge in [0.15, 0.2) is 0 Å². The first kappa shape index (κ1) is 9.56. The van der Waals surface area contributed by atoms with Gasteiger partial charge < -0.3 is 0 Å². The monoisotopic (exact) mass is 244 g/mol. The molecule has 5 rings (SSSR count). The van der Waals surface area contributed by atoms with Gasteiger partial charge in [0.25, 0.3) is 0 Å². The Hall–Kier alpha value is -2.35. The number of hydrazone groups is 1. The lowest BCUT2D eigenvalue weighted by atomic mass is 9.88. The molecule has 1 saturated heterocycles. The van der Waals surface area contributed by atoms with Crippen LogP contribution in [0.25, 0.3) is 10.8 Å². The molecule has 2 heteroatoms. The molecule has 2 unspecified atom stereocenters. The quantitative estimate of drug-likeness (QED) is 0.704. The average molecular weight is 244 g/mol. The fraction of sp³-hybridized carbons (Fsp3) is 0.118. The standard InChI is InChI=1S/C17H12N2/c1-2-6-13-11-14(9-8-12(13)5-1)16-17-10-4-3-7-15(17)19(17)18-16/h1-11,15H. The number of rotatable bonds is 1. The largest absolute Gasteiger partial charge is 0.268 e. The van der Waals surface area contributed by atoms with Crippen LogP contribution >= 0.6 is 0 Å². The molecule has 0 N–H and O–H groups in total. The zero-order chi connectivity index (χ0) is 12.4. The lowest BCUT2D eigenvalue weighted by Gasteiger charge is -2.23. The highest BCUT2D eigenvalue weighted by Gasteiger charge is 2.70. The van der Waals surface area contributed by atoms with Crippen molar-refractivity contribution in [1.29, 1.82) is 0 Å². The average Bonchev–Trinajstić information content (AvgIpc) is 2.98. The van der Waals surface area contributed by atoms with E-state index >= 15 is 0 Å². The van der Waals surface area contributed by atoms with Crippen LogP contribution in [0, 0.1) is 0 Å². The lowest BCUT2D eigenvalue weighted by Crippen LogP contribution is -2.36. The molecule has 2 aromatic carbocycles. The van der Waals surface area contributed by atoms with E-state index in [4.69, 9.17) is 0 Å². The minimum Gasteiger partial charge on any atom is -0.268 e. The second-order valence-corrected chi connectivity index (χ2v) is 5.37. The Morgan fingerprint density at radius 3 is 2.79 bits per heavy atom. The molecule has 90 valence electrons. The summed E-state index contributed by atoms with van der Waals surface area (Å²) in [4.78, 5) is 0. The maximum atomic E-state index is 4.66. The van der Waals surface area contributed by atoms with Gasteiger partial charge in [0.1, 0.15) is 17.3 Å². The predicted molar refractivity (Wildman–Crippen MR) is 77.1 cm³/mol. The van der Waals surface area contributed by atoms with Crippen molar-refractivity contribution >= 4 is 16.5 Å². The molecule has 2 nitrogen and oxygen atoms in total. The predicted octanol–water partition coefficient (Wildman–Crippen LogP) is 3.11. The summed E-state index contributed by atoms with van der Waals surface area (Å²) in [6, 6.07) is 15.6. The number of hydrogen-bond donors (Lipinski definition) is 0. The molecule has 0 radical (unpaired) electrons. The van der Waals surface area contributed by atoms with Crippen LogP contribution in [0.5, 0.6) is 0 Å². The molecule has 2 heterocycles. The molecular weight excluding hydrogens is 232 g/mol. The van der Waals surface area contributed by atoms with Gasteiger partial charge in [-0.15, -0.1) is 0 Å². The smallest absolute Gasteiger partial charge is 0.147 e. The van der Waals surface area contributed by atoms with E-state index in [9.17, 15) is 0 Å².